The van der Waals surface area contributed by atoms with Crippen LogP contribution in [-0.4, -0.2) is 118 Å². The Morgan fingerprint density at radius 1 is 0.929 bits per heavy atom. The van der Waals surface area contributed by atoms with Gasteiger partial charge in [0.2, 0.25) is 23.7 Å². The molecule has 0 bridgehead atoms. The van der Waals surface area contributed by atoms with Gasteiger partial charge in [-0.1, -0.05) is 31.4 Å². The van der Waals surface area contributed by atoms with Crippen molar-refractivity contribution >= 4 is 42.1 Å². The van der Waals surface area contributed by atoms with Crippen LogP contribution in [0.1, 0.15) is 82.2 Å². The summed E-state index contributed by atoms with van der Waals surface area (Å²) in [5.74, 6) is 1.14. The van der Waals surface area contributed by atoms with Crippen molar-refractivity contribution in [1.82, 2.24) is 41.1 Å². The van der Waals surface area contributed by atoms with Crippen LogP contribution in [0.4, 0.5) is 11.8 Å². The summed E-state index contributed by atoms with van der Waals surface area (Å²) in [6, 6.07) is 7.97. The fourth-order valence-corrected chi connectivity index (χ4v) is 7.52. The Kier molecular flexibility index (Phi) is 17.7. The number of aryl methyl sites for hydroxylation is 1. The van der Waals surface area contributed by atoms with Gasteiger partial charge in [0.25, 0.3) is 0 Å². The monoisotopic (exact) mass is 799 g/mol. The number of aromatic nitrogens is 3. The molecule has 310 valence electrons. The number of benzene rings is 1. The Balaban J connectivity index is 0.967. The van der Waals surface area contributed by atoms with Crippen LogP contribution in [0.25, 0.3) is 10.9 Å². The molecule has 0 unspecified atom stereocenters. The molecule has 0 spiro atoms. The number of amides is 2. The molecule has 1 aliphatic heterocycles. The third kappa shape index (κ3) is 15.7. The van der Waals surface area contributed by atoms with E-state index in [4.69, 9.17) is 29.9 Å². The molecule has 2 aromatic heterocycles. The standard InChI is InChI=1S/C38H62N11O6P/c39-32(37(51)43-21-25-56(52,53)54)13-14-34(50)42-20-24-49-22-15-29(16-23-49)46-36-31-11-4-5-12-33(31)47-38(48-36)44-26-35-45-30(27-55-35)10-6-17-40-18-7-19-41-28-8-2-1-3-9-28/h4-5,11-12,27-29,32,40-41H,1-3,6-10,13-26,39H2,(H,42,50)(H,43,51)(H2,52,53,54)(H2,44,46,47,48)/t32-/m0/s1. The van der Waals surface area contributed by atoms with Crippen molar-refractivity contribution < 1.29 is 28.4 Å². The number of fused-ring (bicyclic) bond motifs is 1. The molecule has 1 atom stereocenters. The maximum absolute atomic E-state index is 12.3. The van der Waals surface area contributed by atoms with E-state index in [9.17, 15) is 14.2 Å². The number of oxazole rings is 1. The van der Waals surface area contributed by atoms with Crippen molar-refractivity contribution in [3.63, 3.8) is 0 Å². The van der Waals surface area contributed by atoms with Crippen LogP contribution in [0.2, 0.25) is 0 Å². The zero-order valence-corrected chi connectivity index (χ0v) is 33.4. The number of para-hydroxylation sites is 1. The molecular weight excluding hydrogens is 737 g/mol. The Bertz CT molecular complexity index is 1690. The predicted molar refractivity (Wildman–Crippen MR) is 217 cm³/mol. The van der Waals surface area contributed by atoms with E-state index in [1.807, 2.05) is 24.3 Å². The molecular formula is C38H62N11O6P. The summed E-state index contributed by atoms with van der Waals surface area (Å²) in [5, 5.41) is 20.4. The first kappa shape index (κ1) is 43.4. The number of carbonyl (C=O) groups is 2. The summed E-state index contributed by atoms with van der Waals surface area (Å²) >= 11 is 0. The molecule has 2 fully saturated rings. The fraction of sp³-hybridized carbons (Fsp3) is 0.658. The minimum Gasteiger partial charge on any atom is -0.447 e. The second-order valence-electron chi connectivity index (χ2n) is 14.9. The maximum Gasteiger partial charge on any atom is 0.327 e. The Labute approximate surface area is 329 Å². The molecule has 10 N–H and O–H groups in total. The number of carbonyl (C=O) groups excluding carboxylic acids is 2. The van der Waals surface area contributed by atoms with Crippen LogP contribution in [0.15, 0.2) is 34.9 Å². The predicted octanol–water partition coefficient (Wildman–Crippen LogP) is 2.46. The van der Waals surface area contributed by atoms with E-state index >= 15 is 0 Å². The molecule has 3 heterocycles. The van der Waals surface area contributed by atoms with Crippen LogP contribution >= 0.6 is 7.60 Å². The van der Waals surface area contributed by atoms with Crippen molar-refractivity contribution in [1.29, 1.82) is 0 Å². The highest BCUT2D eigenvalue weighted by atomic mass is 31.2. The summed E-state index contributed by atoms with van der Waals surface area (Å²) in [7, 11) is -4.20. The molecule has 1 saturated carbocycles. The van der Waals surface area contributed by atoms with Gasteiger partial charge in [0, 0.05) is 56.6 Å². The first-order valence-corrected chi connectivity index (χ1v) is 22.1. The largest absolute Gasteiger partial charge is 0.447 e. The summed E-state index contributed by atoms with van der Waals surface area (Å²) in [6.45, 7) is 6.18. The lowest BCUT2D eigenvalue weighted by Crippen LogP contribution is -2.43. The first-order valence-electron chi connectivity index (χ1n) is 20.3. The number of rotatable bonds is 24. The van der Waals surface area contributed by atoms with E-state index in [2.05, 4.69) is 41.8 Å². The second-order valence-corrected chi connectivity index (χ2v) is 16.7. The smallest absolute Gasteiger partial charge is 0.327 e. The van der Waals surface area contributed by atoms with E-state index in [0.29, 0.717) is 31.5 Å². The lowest BCUT2D eigenvalue weighted by Gasteiger charge is -2.32. The van der Waals surface area contributed by atoms with Gasteiger partial charge in [-0.2, -0.15) is 4.98 Å². The van der Waals surface area contributed by atoms with Gasteiger partial charge in [0.1, 0.15) is 12.1 Å². The number of nitrogens with two attached hydrogens (primary N) is 1. The van der Waals surface area contributed by atoms with E-state index in [-0.39, 0.29) is 31.3 Å². The van der Waals surface area contributed by atoms with Gasteiger partial charge in [-0.05, 0) is 83.1 Å². The van der Waals surface area contributed by atoms with E-state index in [1.165, 1.54) is 32.1 Å². The fourth-order valence-electron chi connectivity index (χ4n) is 7.12. The Morgan fingerprint density at radius 2 is 1.71 bits per heavy atom. The first-order chi connectivity index (χ1) is 27.1. The molecule has 17 nitrogen and oxygen atoms in total. The van der Waals surface area contributed by atoms with Crippen LogP contribution in [0.5, 0.6) is 0 Å². The summed E-state index contributed by atoms with van der Waals surface area (Å²) in [5.41, 5.74) is 7.62. The SMILES string of the molecule is N[C@@H](CCC(=O)NCCN1CCC(Nc2nc(NCc3nc(CCCNCCCNC4CCCCC4)co3)nc3ccccc23)CC1)C(=O)NCCP(=O)(O)O. The highest BCUT2D eigenvalue weighted by Gasteiger charge is 2.22. The normalized spacial score (nSPS) is 16.5. The number of hydrogen-bond acceptors (Lipinski definition) is 13. The summed E-state index contributed by atoms with van der Waals surface area (Å²) in [4.78, 5) is 58.7. The average Bonchev–Trinajstić information content (AvgIpc) is 3.65. The molecule has 0 radical (unpaired) electrons. The van der Waals surface area contributed by atoms with Crippen molar-refractivity contribution in [2.75, 3.05) is 69.2 Å². The van der Waals surface area contributed by atoms with Gasteiger partial charge >= 0.3 is 7.60 Å². The maximum atomic E-state index is 12.3. The molecule has 1 saturated heterocycles. The molecule has 5 rings (SSSR count). The topological polar surface area (TPSA) is 245 Å². The highest BCUT2D eigenvalue weighted by Crippen LogP contribution is 2.32. The number of nitrogens with one attached hydrogen (secondary N) is 6. The Hall–Kier alpha value is -3.70. The van der Waals surface area contributed by atoms with Crippen LogP contribution in [-0.2, 0) is 27.1 Å². The third-order valence-corrected chi connectivity index (χ3v) is 11.2. The van der Waals surface area contributed by atoms with Crippen molar-refractivity contribution in [3.8, 4) is 0 Å². The van der Waals surface area contributed by atoms with Gasteiger partial charge in [0.15, 0.2) is 0 Å². The van der Waals surface area contributed by atoms with Gasteiger partial charge < -0.3 is 56.7 Å². The van der Waals surface area contributed by atoms with Crippen LogP contribution in [0.3, 0.4) is 0 Å². The van der Waals surface area contributed by atoms with Gasteiger partial charge in [-0.3, -0.25) is 14.2 Å². The number of anilines is 2. The number of hydrogen-bond donors (Lipinski definition) is 9. The molecule has 1 aromatic carbocycles. The van der Waals surface area contributed by atoms with Crippen LogP contribution < -0.4 is 37.6 Å². The minimum atomic E-state index is -4.20. The Morgan fingerprint density at radius 3 is 2.52 bits per heavy atom. The van der Waals surface area contributed by atoms with Crippen molar-refractivity contribution in [3.05, 3.63) is 42.1 Å². The molecule has 18 heteroatoms. The van der Waals surface area contributed by atoms with Crippen LogP contribution in [0, 0.1) is 0 Å². The van der Waals surface area contributed by atoms with E-state index in [1.54, 1.807) is 6.26 Å². The minimum absolute atomic E-state index is 0.0819. The number of piperidine rings is 1. The molecule has 2 amide bonds. The zero-order valence-electron chi connectivity index (χ0n) is 32.5. The van der Waals surface area contributed by atoms with Gasteiger partial charge in [-0.25, -0.2) is 9.97 Å². The zero-order chi connectivity index (χ0) is 39.6. The average molecular weight is 800 g/mol. The quantitative estimate of drug-likeness (QED) is 0.0467. The second kappa shape index (κ2) is 22.9. The van der Waals surface area contributed by atoms with Crippen molar-refractivity contribution in [2.45, 2.75) is 102 Å². The lowest BCUT2D eigenvalue weighted by atomic mass is 9.95. The van der Waals surface area contributed by atoms with Crippen molar-refractivity contribution in [2.24, 2.45) is 5.73 Å². The van der Waals surface area contributed by atoms with Gasteiger partial charge in [-0.15, -0.1) is 0 Å². The molecule has 3 aromatic rings. The highest BCUT2D eigenvalue weighted by molar-refractivity contribution is 7.51. The van der Waals surface area contributed by atoms with Gasteiger partial charge in [0.05, 0.1) is 30.0 Å². The number of nitrogens with zero attached hydrogens (tertiary/aromatic N) is 4. The summed E-state index contributed by atoms with van der Waals surface area (Å²) in [6.07, 6.45) is 13.1. The number of likely N-dealkylation sites (tertiary alicyclic amines) is 1. The molecule has 56 heavy (non-hydrogen) atoms. The lowest BCUT2D eigenvalue weighted by molar-refractivity contribution is -0.123. The molecule has 1 aliphatic carbocycles. The van der Waals surface area contributed by atoms with E-state index < -0.39 is 25.7 Å². The third-order valence-electron chi connectivity index (χ3n) is 10.4. The molecule has 2 aliphatic rings. The van der Waals surface area contributed by atoms with E-state index in [0.717, 1.165) is 93.3 Å². The summed E-state index contributed by atoms with van der Waals surface area (Å²) < 4.78 is 16.7.